The number of pyridine rings is 1. The van der Waals surface area contributed by atoms with Crippen molar-refractivity contribution in [3.05, 3.63) is 66.6 Å². The number of imidazole rings is 1. The lowest BCUT2D eigenvalue weighted by Crippen LogP contribution is -2.17. The predicted molar refractivity (Wildman–Crippen MR) is 99.4 cm³/mol. The smallest absolute Gasteiger partial charge is 0.251 e. The third-order valence-electron chi connectivity index (χ3n) is 3.80. The molecule has 0 atom stereocenters. The van der Waals surface area contributed by atoms with Gasteiger partial charge in [-0.05, 0) is 36.4 Å². The van der Waals surface area contributed by atoms with Gasteiger partial charge >= 0.3 is 0 Å². The van der Waals surface area contributed by atoms with Gasteiger partial charge in [0.1, 0.15) is 5.65 Å². The molecule has 124 valence electrons. The van der Waals surface area contributed by atoms with Gasteiger partial charge in [-0.1, -0.05) is 17.4 Å². The first kappa shape index (κ1) is 15.3. The van der Waals surface area contributed by atoms with Crippen molar-refractivity contribution in [2.24, 2.45) is 0 Å². The second-order valence-electron chi connectivity index (χ2n) is 5.38. The average molecular weight is 349 g/mol. The molecular formula is C18H15N5OS. The Labute approximate surface area is 148 Å². The Morgan fingerprint density at radius 3 is 2.72 bits per heavy atom. The molecule has 0 radical (unpaired) electrons. The Kier molecular flexibility index (Phi) is 3.91. The van der Waals surface area contributed by atoms with Crippen LogP contribution in [0.1, 0.15) is 10.4 Å². The average Bonchev–Trinajstić information content (AvgIpc) is 3.28. The van der Waals surface area contributed by atoms with Crippen LogP contribution in [0.2, 0.25) is 0 Å². The van der Waals surface area contributed by atoms with E-state index in [0.29, 0.717) is 5.56 Å². The van der Waals surface area contributed by atoms with Crippen LogP contribution in [0.15, 0.2) is 61.1 Å². The molecule has 3 heterocycles. The second kappa shape index (κ2) is 6.37. The maximum atomic E-state index is 11.6. The summed E-state index contributed by atoms with van der Waals surface area (Å²) < 4.78 is 2.04. The SMILES string of the molecule is CNC(=O)c1ccc(Nc2ncc(-c3cnc4ccccn34)s2)cc1. The first-order chi connectivity index (χ1) is 12.2. The van der Waals surface area contributed by atoms with Gasteiger partial charge in [0.15, 0.2) is 5.13 Å². The van der Waals surface area contributed by atoms with Gasteiger partial charge in [-0.2, -0.15) is 0 Å². The molecule has 6 nitrogen and oxygen atoms in total. The van der Waals surface area contributed by atoms with E-state index in [9.17, 15) is 4.79 Å². The van der Waals surface area contributed by atoms with Crippen molar-refractivity contribution in [3.63, 3.8) is 0 Å². The Morgan fingerprint density at radius 2 is 1.92 bits per heavy atom. The van der Waals surface area contributed by atoms with Crippen LogP contribution in [0.25, 0.3) is 16.2 Å². The van der Waals surface area contributed by atoms with Crippen LogP contribution < -0.4 is 10.6 Å². The van der Waals surface area contributed by atoms with E-state index in [1.54, 1.807) is 30.5 Å². The van der Waals surface area contributed by atoms with Gasteiger partial charge in [0, 0.05) is 30.7 Å². The molecule has 0 fully saturated rings. The lowest BCUT2D eigenvalue weighted by Gasteiger charge is -2.04. The number of nitrogens with zero attached hydrogens (tertiary/aromatic N) is 3. The van der Waals surface area contributed by atoms with Crippen molar-refractivity contribution in [1.29, 1.82) is 0 Å². The molecule has 1 amide bonds. The van der Waals surface area contributed by atoms with E-state index in [0.717, 1.165) is 27.0 Å². The van der Waals surface area contributed by atoms with Crippen LogP contribution in [-0.4, -0.2) is 27.3 Å². The normalized spacial score (nSPS) is 10.8. The largest absolute Gasteiger partial charge is 0.355 e. The molecule has 2 N–H and O–H groups in total. The molecule has 0 aliphatic heterocycles. The van der Waals surface area contributed by atoms with Gasteiger partial charge in [0.2, 0.25) is 0 Å². The molecule has 0 bridgehead atoms. The van der Waals surface area contributed by atoms with Crippen LogP contribution in [0, 0.1) is 0 Å². The summed E-state index contributed by atoms with van der Waals surface area (Å²) in [6, 6.07) is 13.2. The first-order valence-corrected chi connectivity index (χ1v) is 8.54. The van der Waals surface area contributed by atoms with Crippen LogP contribution >= 0.6 is 11.3 Å². The minimum Gasteiger partial charge on any atom is -0.355 e. The second-order valence-corrected chi connectivity index (χ2v) is 6.41. The van der Waals surface area contributed by atoms with Crippen molar-refractivity contribution >= 4 is 33.7 Å². The van der Waals surface area contributed by atoms with Gasteiger partial charge < -0.3 is 10.6 Å². The minimum atomic E-state index is -0.101. The molecule has 0 unspecified atom stereocenters. The summed E-state index contributed by atoms with van der Waals surface area (Å²) in [6.07, 6.45) is 5.68. The zero-order valence-electron chi connectivity index (χ0n) is 13.4. The molecule has 4 aromatic rings. The monoisotopic (exact) mass is 349 g/mol. The van der Waals surface area contributed by atoms with Gasteiger partial charge in [-0.25, -0.2) is 9.97 Å². The Hall–Kier alpha value is -3.19. The standard InChI is InChI=1S/C18H15N5OS/c1-19-17(24)12-5-7-13(8-6-12)22-18-21-11-15(25-18)14-10-20-16-4-2-3-9-23(14)16/h2-11H,1H3,(H,19,24)(H,21,22). The number of aromatic nitrogens is 3. The third-order valence-corrected chi connectivity index (χ3v) is 4.74. The van der Waals surface area contributed by atoms with E-state index in [2.05, 4.69) is 20.6 Å². The summed E-state index contributed by atoms with van der Waals surface area (Å²) in [5.74, 6) is -0.101. The van der Waals surface area contributed by atoms with E-state index in [1.165, 1.54) is 0 Å². The lowest BCUT2D eigenvalue weighted by atomic mass is 10.2. The third kappa shape index (κ3) is 2.97. The van der Waals surface area contributed by atoms with Crippen molar-refractivity contribution in [2.75, 3.05) is 12.4 Å². The number of thiazole rings is 1. The number of hydrogen-bond acceptors (Lipinski definition) is 5. The van der Waals surface area contributed by atoms with Gasteiger partial charge in [-0.3, -0.25) is 9.20 Å². The zero-order valence-corrected chi connectivity index (χ0v) is 14.2. The number of carbonyl (C=O) groups is 1. The highest BCUT2D eigenvalue weighted by atomic mass is 32.1. The number of amides is 1. The first-order valence-electron chi connectivity index (χ1n) is 7.72. The van der Waals surface area contributed by atoms with Crippen LogP contribution in [-0.2, 0) is 0 Å². The number of nitrogens with one attached hydrogen (secondary N) is 2. The van der Waals surface area contributed by atoms with Crippen molar-refractivity contribution in [1.82, 2.24) is 19.7 Å². The maximum absolute atomic E-state index is 11.6. The minimum absolute atomic E-state index is 0.101. The number of fused-ring (bicyclic) bond motifs is 1. The van der Waals surface area contributed by atoms with E-state index < -0.39 is 0 Å². The number of anilines is 2. The molecule has 0 spiro atoms. The Morgan fingerprint density at radius 1 is 1.08 bits per heavy atom. The summed E-state index contributed by atoms with van der Waals surface area (Å²) in [6.45, 7) is 0. The molecule has 0 aliphatic carbocycles. The molecule has 0 saturated heterocycles. The molecule has 25 heavy (non-hydrogen) atoms. The molecule has 7 heteroatoms. The van der Waals surface area contributed by atoms with E-state index in [4.69, 9.17) is 0 Å². The molecule has 4 rings (SSSR count). The summed E-state index contributed by atoms with van der Waals surface area (Å²) >= 11 is 1.55. The fourth-order valence-corrected chi connectivity index (χ4v) is 3.38. The molecular weight excluding hydrogens is 334 g/mol. The van der Waals surface area contributed by atoms with Gasteiger partial charge in [0.25, 0.3) is 5.91 Å². The fourth-order valence-electron chi connectivity index (χ4n) is 2.54. The zero-order chi connectivity index (χ0) is 17.2. The van der Waals surface area contributed by atoms with E-state index in [1.807, 2.05) is 53.3 Å². The quantitative estimate of drug-likeness (QED) is 0.591. The van der Waals surface area contributed by atoms with Crippen molar-refractivity contribution < 1.29 is 4.79 Å². The van der Waals surface area contributed by atoms with Gasteiger partial charge in [-0.15, -0.1) is 0 Å². The fraction of sp³-hybridized carbons (Fsp3) is 0.0556. The highest BCUT2D eigenvalue weighted by Gasteiger charge is 2.10. The van der Waals surface area contributed by atoms with Gasteiger partial charge in [0.05, 0.1) is 16.8 Å². The number of carbonyl (C=O) groups excluding carboxylic acids is 1. The summed E-state index contributed by atoms with van der Waals surface area (Å²) in [7, 11) is 1.62. The molecule has 1 aromatic carbocycles. The highest BCUT2D eigenvalue weighted by molar-refractivity contribution is 7.18. The van der Waals surface area contributed by atoms with E-state index in [-0.39, 0.29) is 5.91 Å². The summed E-state index contributed by atoms with van der Waals surface area (Å²) in [5, 5.41) is 6.66. The Balaban J connectivity index is 1.56. The topological polar surface area (TPSA) is 71.3 Å². The van der Waals surface area contributed by atoms with Crippen molar-refractivity contribution in [2.45, 2.75) is 0 Å². The molecule has 3 aromatic heterocycles. The number of hydrogen-bond donors (Lipinski definition) is 2. The Bertz CT molecular complexity index is 1040. The molecule has 0 saturated carbocycles. The van der Waals surface area contributed by atoms with E-state index >= 15 is 0 Å². The predicted octanol–water partition coefficient (Wildman–Crippen LogP) is 3.56. The van der Waals surface area contributed by atoms with Crippen LogP contribution in [0.5, 0.6) is 0 Å². The lowest BCUT2D eigenvalue weighted by molar-refractivity contribution is 0.0963. The number of benzene rings is 1. The van der Waals surface area contributed by atoms with Crippen LogP contribution in [0.4, 0.5) is 10.8 Å². The summed E-state index contributed by atoms with van der Waals surface area (Å²) in [5.41, 5.74) is 3.42. The van der Waals surface area contributed by atoms with Crippen LogP contribution in [0.3, 0.4) is 0 Å². The maximum Gasteiger partial charge on any atom is 0.251 e. The molecule has 0 aliphatic rings. The number of rotatable bonds is 4. The van der Waals surface area contributed by atoms with Crippen molar-refractivity contribution in [3.8, 4) is 10.6 Å². The highest BCUT2D eigenvalue weighted by Crippen LogP contribution is 2.31. The summed E-state index contributed by atoms with van der Waals surface area (Å²) in [4.78, 5) is 21.4.